The molecule has 0 aliphatic heterocycles. The Morgan fingerprint density at radius 1 is 1.53 bits per heavy atom. The van der Waals surface area contributed by atoms with Crippen molar-refractivity contribution in [3.05, 3.63) is 33.5 Å². The third-order valence-electron chi connectivity index (χ3n) is 2.67. The van der Waals surface area contributed by atoms with Gasteiger partial charge in [-0.2, -0.15) is 5.10 Å². The quantitative estimate of drug-likeness (QED) is 0.633. The number of nitrogens with one attached hydrogen (secondary N) is 1. The van der Waals surface area contributed by atoms with Crippen molar-refractivity contribution in [2.45, 2.75) is 26.3 Å². The molecule has 2 rings (SSSR count). The number of aromatic nitrogens is 3. The molecule has 2 aromatic rings. The van der Waals surface area contributed by atoms with Gasteiger partial charge in [-0.3, -0.25) is 16.0 Å². The number of hydrazine groups is 1. The molecule has 0 saturated carbocycles. The molecule has 0 saturated heterocycles. The second-order valence-corrected chi connectivity index (χ2v) is 5.09. The van der Waals surface area contributed by atoms with Crippen LogP contribution in [0.15, 0.2) is 11.6 Å². The molecule has 17 heavy (non-hydrogen) atoms. The number of nitrogens with two attached hydrogens (primary N) is 1. The maximum absolute atomic E-state index is 5.63. The molecule has 2 heterocycles. The average molecular weight is 251 g/mol. The summed E-state index contributed by atoms with van der Waals surface area (Å²) in [4.78, 5) is 4.46. The van der Waals surface area contributed by atoms with Crippen LogP contribution < -0.4 is 11.3 Å². The van der Waals surface area contributed by atoms with Gasteiger partial charge in [0.05, 0.1) is 16.7 Å². The fraction of sp³-hybridized carbons (Fsp3) is 0.455. The van der Waals surface area contributed by atoms with Gasteiger partial charge in [-0.05, 0) is 13.8 Å². The van der Waals surface area contributed by atoms with E-state index in [1.165, 1.54) is 0 Å². The molecule has 0 aliphatic carbocycles. The number of aryl methyl sites for hydroxylation is 3. The van der Waals surface area contributed by atoms with Gasteiger partial charge in [-0.1, -0.05) is 0 Å². The van der Waals surface area contributed by atoms with Gasteiger partial charge < -0.3 is 0 Å². The average Bonchev–Trinajstić information content (AvgIpc) is 2.82. The van der Waals surface area contributed by atoms with E-state index in [1.54, 1.807) is 11.3 Å². The predicted molar refractivity (Wildman–Crippen MR) is 68.6 cm³/mol. The maximum atomic E-state index is 5.63. The van der Waals surface area contributed by atoms with E-state index in [0.717, 1.165) is 28.4 Å². The highest BCUT2D eigenvalue weighted by atomic mass is 32.1. The normalized spacial score (nSPS) is 12.9. The van der Waals surface area contributed by atoms with Crippen molar-refractivity contribution in [3.8, 4) is 0 Å². The smallest absolute Gasteiger partial charge is 0.0947 e. The highest BCUT2D eigenvalue weighted by Crippen LogP contribution is 2.22. The Labute approximate surface area is 105 Å². The van der Waals surface area contributed by atoms with Crippen LogP contribution in [0.2, 0.25) is 0 Å². The van der Waals surface area contributed by atoms with Gasteiger partial charge in [-0.25, -0.2) is 4.98 Å². The van der Waals surface area contributed by atoms with Crippen molar-refractivity contribution in [1.29, 1.82) is 0 Å². The zero-order valence-corrected chi connectivity index (χ0v) is 11.1. The Hall–Kier alpha value is -1.24. The van der Waals surface area contributed by atoms with Crippen LogP contribution >= 0.6 is 11.3 Å². The fourth-order valence-corrected chi connectivity index (χ4v) is 2.71. The zero-order valence-electron chi connectivity index (χ0n) is 10.3. The summed E-state index contributed by atoms with van der Waals surface area (Å²) in [7, 11) is 1.91. The number of nitrogens with zero attached hydrogens (tertiary/aromatic N) is 3. The Bertz CT molecular complexity index is 502. The van der Waals surface area contributed by atoms with E-state index in [-0.39, 0.29) is 6.04 Å². The highest BCUT2D eigenvalue weighted by molar-refractivity contribution is 7.09. The van der Waals surface area contributed by atoms with Gasteiger partial charge >= 0.3 is 0 Å². The van der Waals surface area contributed by atoms with Crippen LogP contribution in [-0.2, 0) is 13.5 Å². The topological polar surface area (TPSA) is 68.8 Å². The van der Waals surface area contributed by atoms with Crippen molar-refractivity contribution < 1.29 is 0 Å². The molecule has 0 fully saturated rings. The number of rotatable bonds is 4. The summed E-state index contributed by atoms with van der Waals surface area (Å²) in [6, 6.07) is 0.0641. The van der Waals surface area contributed by atoms with E-state index in [1.807, 2.05) is 31.8 Å². The van der Waals surface area contributed by atoms with Gasteiger partial charge in [0.15, 0.2) is 0 Å². The molecule has 0 amide bonds. The largest absolute Gasteiger partial charge is 0.275 e. The van der Waals surface area contributed by atoms with Gasteiger partial charge in [0, 0.05) is 36.3 Å². The van der Waals surface area contributed by atoms with Crippen LogP contribution in [0.5, 0.6) is 0 Å². The van der Waals surface area contributed by atoms with Crippen molar-refractivity contribution in [2.24, 2.45) is 12.9 Å². The van der Waals surface area contributed by atoms with Crippen molar-refractivity contribution >= 4 is 11.3 Å². The van der Waals surface area contributed by atoms with Crippen LogP contribution in [0.4, 0.5) is 0 Å². The molecule has 0 aromatic carbocycles. The Morgan fingerprint density at radius 3 is 2.76 bits per heavy atom. The second-order valence-electron chi connectivity index (χ2n) is 4.15. The molecule has 0 aliphatic rings. The molecule has 1 unspecified atom stereocenters. The van der Waals surface area contributed by atoms with Crippen molar-refractivity contribution in [3.63, 3.8) is 0 Å². The lowest BCUT2D eigenvalue weighted by molar-refractivity contribution is 0.547. The molecule has 92 valence electrons. The van der Waals surface area contributed by atoms with Gasteiger partial charge in [-0.15, -0.1) is 11.3 Å². The predicted octanol–water partition coefficient (Wildman–Crippen LogP) is 1.24. The van der Waals surface area contributed by atoms with Gasteiger partial charge in [0.1, 0.15) is 0 Å². The minimum atomic E-state index is 0.0641. The van der Waals surface area contributed by atoms with Gasteiger partial charge in [0.2, 0.25) is 0 Å². The molecule has 1 atom stereocenters. The lowest BCUT2D eigenvalue weighted by atomic mass is 10.1. The van der Waals surface area contributed by atoms with Crippen LogP contribution in [-0.4, -0.2) is 14.8 Å². The lowest BCUT2D eigenvalue weighted by Gasteiger charge is -2.13. The Morgan fingerprint density at radius 2 is 2.29 bits per heavy atom. The van der Waals surface area contributed by atoms with E-state index < -0.39 is 0 Å². The summed E-state index contributed by atoms with van der Waals surface area (Å²) in [6.07, 6.45) is 2.79. The third-order valence-corrected chi connectivity index (χ3v) is 3.66. The molecule has 0 spiro atoms. The zero-order chi connectivity index (χ0) is 12.4. The summed E-state index contributed by atoms with van der Waals surface area (Å²) in [6.45, 7) is 3.99. The first-order valence-corrected chi connectivity index (χ1v) is 6.35. The molecule has 5 nitrogen and oxygen atoms in total. The van der Waals surface area contributed by atoms with Gasteiger partial charge in [0.25, 0.3) is 0 Å². The first-order chi connectivity index (χ1) is 8.10. The molecule has 2 aromatic heterocycles. The Balaban J connectivity index is 2.19. The molecule has 0 radical (unpaired) electrons. The first kappa shape index (κ1) is 12.2. The van der Waals surface area contributed by atoms with Crippen molar-refractivity contribution in [2.75, 3.05) is 0 Å². The van der Waals surface area contributed by atoms with E-state index >= 15 is 0 Å². The van der Waals surface area contributed by atoms with E-state index in [2.05, 4.69) is 20.9 Å². The minimum absolute atomic E-state index is 0.0641. The highest BCUT2D eigenvalue weighted by Gasteiger charge is 2.17. The standard InChI is InChI=1S/C11H17N5S/c1-7-6-17-11(13-7)4-10(14-12)9-5-16(3)15-8(9)2/h5-6,10,14H,4,12H2,1-3H3. The Kier molecular flexibility index (Phi) is 3.56. The SMILES string of the molecule is Cc1csc(CC(NN)c2cn(C)nc2C)n1. The molecular formula is C11H17N5S. The van der Waals surface area contributed by atoms with Crippen LogP contribution in [0, 0.1) is 13.8 Å². The molecule has 3 N–H and O–H groups in total. The second kappa shape index (κ2) is 4.95. The van der Waals surface area contributed by atoms with E-state index in [4.69, 9.17) is 5.84 Å². The summed E-state index contributed by atoms with van der Waals surface area (Å²) < 4.78 is 1.81. The van der Waals surface area contributed by atoms with Crippen LogP contribution in [0.25, 0.3) is 0 Å². The van der Waals surface area contributed by atoms with E-state index in [0.29, 0.717) is 0 Å². The number of hydrogen-bond donors (Lipinski definition) is 2. The number of hydrogen-bond acceptors (Lipinski definition) is 5. The van der Waals surface area contributed by atoms with Crippen molar-refractivity contribution in [1.82, 2.24) is 20.2 Å². The summed E-state index contributed by atoms with van der Waals surface area (Å²) in [5.74, 6) is 5.63. The molecule has 6 heteroatoms. The monoisotopic (exact) mass is 251 g/mol. The van der Waals surface area contributed by atoms with Crippen LogP contribution in [0.3, 0.4) is 0 Å². The summed E-state index contributed by atoms with van der Waals surface area (Å²) in [5, 5.41) is 7.48. The molecule has 0 bridgehead atoms. The van der Waals surface area contributed by atoms with Crippen LogP contribution in [0.1, 0.15) is 28.0 Å². The lowest BCUT2D eigenvalue weighted by Crippen LogP contribution is -2.29. The third kappa shape index (κ3) is 2.71. The molecular weight excluding hydrogens is 234 g/mol. The fourth-order valence-electron chi connectivity index (χ4n) is 1.89. The first-order valence-electron chi connectivity index (χ1n) is 5.47. The number of thiazole rings is 1. The maximum Gasteiger partial charge on any atom is 0.0947 e. The van der Waals surface area contributed by atoms with E-state index in [9.17, 15) is 0 Å². The summed E-state index contributed by atoms with van der Waals surface area (Å²) >= 11 is 1.67. The minimum Gasteiger partial charge on any atom is -0.275 e. The summed E-state index contributed by atoms with van der Waals surface area (Å²) in [5.41, 5.74) is 6.03.